The standard InChI is InChI=1S/C12H17N3O2/c1-8-7-10(11(13-8)14-9(2)16)12(17)15-5-3-4-6-15/h7,13H,3-6H2,1-2H3,(H,14,16). The predicted molar refractivity (Wildman–Crippen MR) is 65.0 cm³/mol. The average Bonchev–Trinajstić information content (AvgIpc) is 2.85. The van der Waals surface area contributed by atoms with Crippen molar-refractivity contribution in [2.24, 2.45) is 0 Å². The largest absolute Gasteiger partial charge is 0.345 e. The zero-order valence-corrected chi connectivity index (χ0v) is 10.2. The topological polar surface area (TPSA) is 65.2 Å². The van der Waals surface area contributed by atoms with Crippen LogP contribution in [-0.2, 0) is 4.79 Å². The zero-order chi connectivity index (χ0) is 12.4. The van der Waals surface area contributed by atoms with Gasteiger partial charge >= 0.3 is 0 Å². The molecule has 0 aromatic carbocycles. The Kier molecular flexibility index (Phi) is 3.17. The minimum Gasteiger partial charge on any atom is -0.345 e. The van der Waals surface area contributed by atoms with Crippen molar-refractivity contribution in [3.05, 3.63) is 17.3 Å². The fraction of sp³-hybridized carbons (Fsp3) is 0.500. The highest BCUT2D eigenvalue weighted by atomic mass is 16.2. The Morgan fingerprint density at radius 1 is 1.35 bits per heavy atom. The molecule has 1 aromatic rings. The van der Waals surface area contributed by atoms with Gasteiger partial charge in [-0.1, -0.05) is 0 Å². The van der Waals surface area contributed by atoms with E-state index in [1.807, 2.05) is 11.8 Å². The van der Waals surface area contributed by atoms with Crippen LogP contribution in [0, 0.1) is 6.92 Å². The summed E-state index contributed by atoms with van der Waals surface area (Å²) in [5.41, 5.74) is 1.43. The number of hydrogen-bond acceptors (Lipinski definition) is 2. The van der Waals surface area contributed by atoms with E-state index in [1.54, 1.807) is 6.07 Å². The van der Waals surface area contributed by atoms with Gasteiger partial charge in [-0.2, -0.15) is 0 Å². The first-order valence-corrected chi connectivity index (χ1v) is 5.84. The molecule has 2 heterocycles. The molecule has 1 aliphatic heterocycles. The Morgan fingerprint density at radius 3 is 2.59 bits per heavy atom. The van der Waals surface area contributed by atoms with Crippen LogP contribution in [0.4, 0.5) is 5.82 Å². The van der Waals surface area contributed by atoms with E-state index in [4.69, 9.17) is 0 Å². The summed E-state index contributed by atoms with van der Waals surface area (Å²) in [7, 11) is 0. The van der Waals surface area contributed by atoms with Gasteiger partial charge < -0.3 is 15.2 Å². The van der Waals surface area contributed by atoms with Crippen LogP contribution in [0.25, 0.3) is 0 Å². The van der Waals surface area contributed by atoms with Crippen LogP contribution in [-0.4, -0.2) is 34.8 Å². The molecule has 0 aliphatic carbocycles. The summed E-state index contributed by atoms with van der Waals surface area (Å²) in [6.45, 7) is 4.91. The van der Waals surface area contributed by atoms with Crippen molar-refractivity contribution in [1.29, 1.82) is 0 Å². The van der Waals surface area contributed by atoms with Crippen LogP contribution in [0.3, 0.4) is 0 Å². The van der Waals surface area contributed by atoms with Gasteiger partial charge in [0.25, 0.3) is 5.91 Å². The van der Waals surface area contributed by atoms with Crippen molar-refractivity contribution in [1.82, 2.24) is 9.88 Å². The summed E-state index contributed by atoms with van der Waals surface area (Å²) in [6, 6.07) is 1.78. The lowest BCUT2D eigenvalue weighted by Gasteiger charge is -2.15. The molecule has 5 nitrogen and oxygen atoms in total. The lowest BCUT2D eigenvalue weighted by Crippen LogP contribution is -2.28. The lowest BCUT2D eigenvalue weighted by molar-refractivity contribution is -0.114. The normalized spacial score (nSPS) is 15.1. The van der Waals surface area contributed by atoms with Crippen molar-refractivity contribution >= 4 is 17.6 Å². The monoisotopic (exact) mass is 235 g/mol. The molecule has 0 spiro atoms. The number of likely N-dealkylation sites (tertiary alicyclic amines) is 1. The molecule has 0 atom stereocenters. The van der Waals surface area contributed by atoms with Crippen LogP contribution in [0.15, 0.2) is 6.07 Å². The Hall–Kier alpha value is -1.78. The summed E-state index contributed by atoms with van der Waals surface area (Å²) < 4.78 is 0. The highest BCUT2D eigenvalue weighted by Crippen LogP contribution is 2.20. The number of aryl methyl sites for hydroxylation is 1. The number of anilines is 1. The van der Waals surface area contributed by atoms with E-state index in [0.29, 0.717) is 11.4 Å². The Bertz CT molecular complexity index is 445. The van der Waals surface area contributed by atoms with Crippen molar-refractivity contribution in [2.75, 3.05) is 18.4 Å². The number of carbonyl (C=O) groups excluding carboxylic acids is 2. The first kappa shape index (κ1) is 11.7. The maximum absolute atomic E-state index is 12.2. The van der Waals surface area contributed by atoms with Gasteiger partial charge in [-0.3, -0.25) is 9.59 Å². The number of nitrogens with zero attached hydrogens (tertiary/aromatic N) is 1. The number of aromatic nitrogens is 1. The van der Waals surface area contributed by atoms with E-state index in [0.717, 1.165) is 31.6 Å². The number of aromatic amines is 1. The molecule has 0 bridgehead atoms. The third-order valence-corrected chi connectivity index (χ3v) is 2.88. The second kappa shape index (κ2) is 4.61. The van der Waals surface area contributed by atoms with Gasteiger partial charge in [-0.25, -0.2) is 0 Å². The fourth-order valence-electron chi connectivity index (χ4n) is 2.12. The minimum atomic E-state index is -0.178. The van der Waals surface area contributed by atoms with Gasteiger partial charge in [0.2, 0.25) is 5.91 Å². The molecule has 92 valence electrons. The van der Waals surface area contributed by atoms with E-state index >= 15 is 0 Å². The lowest BCUT2D eigenvalue weighted by atomic mass is 10.2. The summed E-state index contributed by atoms with van der Waals surface area (Å²) >= 11 is 0. The number of carbonyl (C=O) groups is 2. The number of hydrogen-bond donors (Lipinski definition) is 2. The second-order valence-electron chi connectivity index (χ2n) is 4.42. The molecule has 0 radical (unpaired) electrons. The van der Waals surface area contributed by atoms with E-state index in [-0.39, 0.29) is 11.8 Å². The SMILES string of the molecule is CC(=O)Nc1[nH]c(C)cc1C(=O)N1CCCC1. The van der Waals surface area contributed by atoms with Crippen molar-refractivity contribution in [3.8, 4) is 0 Å². The first-order valence-electron chi connectivity index (χ1n) is 5.84. The van der Waals surface area contributed by atoms with E-state index < -0.39 is 0 Å². The fourth-order valence-corrected chi connectivity index (χ4v) is 2.12. The molecule has 0 saturated carbocycles. The van der Waals surface area contributed by atoms with Gasteiger partial charge in [0.15, 0.2) is 0 Å². The molecule has 2 rings (SSSR count). The molecule has 1 aromatic heterocycles. The molecule has 2 amide bonds. The van der Waals surface area contributed by atoms with Crippen molar-refractivity contribution < 1.29 is 9.59 Å². The summed E-state index contributed by atoms with van der Waals surface area (Å²) in [4.78, 5) is 28.1. The van der Waals surface area contributed by atoms with Gasteiger partial charge in [0.1, 0.15) is 5.82 Å². The number of amides is 2. The molecule has 1 fully saturated rings. The van der Waals surface area contributed by atoms with Crippen molar-refractivity contribution in [2.45, 2.75) is 26.7 Å². The van der Waals surface area contributed by atoms with Crippen molar-refractivity contribution in [3.63, 3.8) is 0 Å². The third-order valence-electron chi connectivity index (χ3n) is 2.88. The second-order valence-corrected chi connectivity index (χ2v) is 4.42. The molecule has 5 heteroatoms. The van der Waals surface area contributed by atoms with Gasteiger partial charge in [0, 0.05) is 25.7 Å². The quantitative estimate of drug-likeness (QED) is 0.816. The molecule has 0 unspecified atom stereocenters. The van der Waals surface area contributed by atoms with Crippen LogP contribution in [0.5, 0.6) is 0 Å². The average molecular weight is 235 g/mol. The molecular weight excluding hydrogens is 218 g/mol. The van der Waals surface area contributed by atoms with Gasteiger partial charge in [-0.05, 0) is 25.8 Å². The maximum atomic E-state index is 12.2. The number of nitrogens with one attached hydrogen (secondary N) is 2. The maximum Gasteiger partial charge on any atom is 0.257 e. The summed E-state index contributed by atoms with van der Waals surface area (Å²) in [6.07, 6.45) is 2.12. The highest BCUT2D eigenvalue weighted by molar-refractivity contribution is 6.02. The number of rotatable bonds is 2. The predicted octanol–water partition coefficient (Wildman–Crippen LogP) is 1.52. The minimum absolute atomic E-state index is 0.00407. The van der Waals surface area contributed by atoms with Crippen LogP contribution in [0.1, 0.15) is 35.8 Å². The zero-order valence-electron chi connectivity index (χ0n) is 10.2. The molecule has 2 N–H and O–H groups in total. The van der Waals surface area contributed by atoms with E-state index in [2.05, 4.69) is 10.3 Å². The smallest absolute Gasteiger partial charge is 0.257 e. The summed E-state index contributed by atoms with van der Waals surface area (Å²) in [5, 5.41) is 2.66. The number of H-pyrrole nitrogens is 1. The Morgan fingerprint density at radius 2 is 2.00 bits per heavy atom. The highest BCUT2D eigenvalue weighted by Gasteiger charge is 2.23. The summed E-state index contributed by atoms with van der Waals surface area (Å²) in [5.74, 6) is 0.324. The molecular formula is C12H17N3O2. The van der Waals surface area contributed by atoms with Crippen LogP contribution < -0.4 is 5.32 Å². The van der Waals surface area contributed by atoms with Crippen LogP contribution in [0.2, 0.25) is 0 Å². The van der Waals surface area contributed by atoms with E-state index in [1.165, 1.54) is 6.92 Å². The Balaban J connectivity index is 2.23. The third kappa shape index (κ3) is 2.49. The molecule has 17 heavy (non-hydrogen) atoms. The van der Waals surface area contributed by atoms with E-state index in [9.17, 15) is 9.59 Å². The van der Waals surface area contributed by atoms with Gasteiger partial charge in [-0.15, -0.1) is 0 Å². The Labute approximate surface area is 100 Å². The molecule has 1 saturated heterocycles. The van der Waals surface area contributed by atoms with Crippen LogP contribution >= 0.6 is 0 Å². The molecule has 1 aliphatic rings. The van der Waals surface area contributed by atoms with Gasteiger partial charge in [0.05, 0.1) is 5.56 Å². The first-order chi connectivity index (χ1) is 8.08.